The lowest BCUT2D eigenvalue weighted by Crippen LogP contribution is -2.10. The molecule has 1 aromatic heterocycles. The first kappa shape index (κ1) is 14.2. The molecule has 0 bridgehead atoms. The lowest BCUT2D eigenvalue weighted by atomic mass is 10.2. The molecule has 1 aromatic carbocycles. The third-order valence-electron chi connectivity index (χ3n) is 2.58. The standard InChI is InChI=1S/C12H6Br2ClNO3S/c13-5-1-10(20-11(5)14)12(17)16-7-3-9-8(2-6(7)15)18-4-19-9/h1-3H,4H2,(H,16,17). The Morgan fingerprint density at radius 1 is 1.25 bits per heavy atom. The predicted octanol–water partition coefficient (Wildman–Crippen LogP) is 4.91. The van der Waals surface area contributed by atoms with Crippen LogP contribution in [-0.2, 0) is 0 Å². The van der Waals surface area contributed by atoms with Gasteiger partial charge in [-0.25, -0.2) is 0 Å². The van der Waals surface area contributed by atoms with Gasteiger partial charge < -0.3 is 14.8 Å². The van der Waals surface area contributed by atoms with E-state index in [2.05, 4.69) is 37.2 Å². The lowest BCUT2D eigenvalue weighted by Gasteiger charge is -2.07. The molecule has 0 unspecified atom stereocenters. The van der Waals surface area contributed by atoms with Gasteiger partial charge in [0, 0.05) is 16.6 Å². The minimum absolute atomic E-state index is 0.161. The molecule has 1 amide bonds. The van der Waals surface area contributed by atoms with Crippen molar-refractivity contribution in [3.8, 4) is 11.5 Å². The van der Waals surface area contributed by atoms with Gasteiger partial charge in [-0.15, -0.1) is 11.3 Å². The van der Waals surface area contributed by atoms with E-state index in [1.54, 1.807) is 18.2 Å². The number of rotatable bonds is 2. The van der Waals surface area contributed by atoms with Crippen molar-refractivity contribution in [1.29, 1.82) is 0 Å². The molecule has 1 N–H and O–H groups in total. The average Bonchev–Trinajstić information content (AvgIpc) is 2.97. The number of nitrogens with one attached hydrogen (secondary N) is 1. The molecular formula is C12H6Br2ClNO3S. The summed E-state index contributed by atoms with van der Waals surface area (Å²) in [4.78, 5) is 12.7. The molecule has 0 spiro atoms. The number of hydrogen-bond donors (Lipinski definition) is 1. The predicted molar refractivity (Wildman–Crippen MR) is 85.2 cm³/mol. The van der Waals surface area contributed by atoms with Crippen molar-refractivity contribution >= 4 is 66.4 Å². The van der Waals surface area contributed by atoms with E-state index in [0.717, 1.165) is 8.26 Å². The molecular weight excluding hydrogens is 433 g/mol. The van der Waals surface area contributed by atoms with Crippen molar-refractivity contribution in [1.82, 2.24) is 0 Å². The molecule has 1 aliphatic rings. The summed E-state index contributed by atoms with van der Waals surface area (Å²) in [6.07, 6.45) is 0. The molecule has 1 aliphatic heterocycles. The van der Waals surface area contributed by atoms with Gasteiger partial charge in [0.25, 0.3) is 5.91 Å². The zero-order chi connectivity index (χ0) is 14.3. The smallest absolute Gasteiger partial charge is 0.265 e. The highest BCUT2D eigenvalue weighted by Gasteiger charge is 2.19. The minimum atomic E-state index is -0.234. The first-order chi connectivity index (χ1) is 9.54. The van der Waals surface area contributed by atoms with Crippen LogP contribution in [0.25, 0.3) is 0 Å². The Labute approximate surface area is 140 Å². The highest BCUT2D eigenvalue weighted by Crippen LogP contribution is 2.40. The van der Waals surface area contributed by atoms with Crippen LogP contribution in [-0.4, -0.2) is 12.7 Å². The van der Waals surface area contributed by atoms with Crippen LogP contribution >= 0.6 is 54.8 Å². The van der Waals surface area contributed by atoms with Crippen LogP contribution in [0.1, 0.15) is 9.67 Å². The maximum Gasteiger partial charge on any atom is 0.265 e. The van der Waals surface area contributed by atoms with E-state index in [1.807, 2.05) is 0 Å². The van der Waals surface area contributed by atoms with Gasteiger partial charge in [-0.05, 0) is 37.9 Å². The SMILES string of the molecule is O=C(Nc1cc2c(cc1Cl)OCO2)c1cc(Br)c(Br)s1. The van der Waals surface area contributed by atoms with E-state index in [9.17, 15) is 4.79 Å². The number of fused-ring (bicyclic) bond motifs is 1. The zero-order valence-corrected chi connectivity index (χ0v) is 14.5. The molecule has 104 valence electrons. The zero-order valence-electron chi connectivity index (χ0n) is 9.71. The monoisotopic (exact) mass is 437 g/mol. The largest absolute Gasteiger partial charge is 0.454 e. The summed E-state index contributed by atoms with van der Waals surface area (Å²) in [5, 5.41) is 3.16. The molecule has 3 rings (SSSR count). The third-order valence-corrected chi connectivity index (χ3v) is 6.15. The fraction of sp³-hybridized carbons (Fsp3) is 0.0833. The second-order valence-electron chi connectivity index (χ2n) is 3.87. The number of ether oxygens (including phenoxy) is 2. The number of thiophene rings is 1. The molecule has 4 nitrogen and oxygen atoms in total. The van der Waals surface area contributed by atoms with Crippen LogP contribution in [0.4, 0.5) is 5.69 Å². The molecule has 20 heavy (non-hydrogen) atoms. The molecule has 0 saturated carbocycles. The van der Waals surface area contributed by atoms with Crippen LogP contribution in [0, 0.1) is 0 Å². The Morgan fingerprint density at radius 3 is 2.60 bits per heavy atom. The van der Waals surface area contributed by atoms with E-state index >= 15 is 0 Å². The summed E-state index contributed by atoms with van der Waals surface area (Å²) in [6, 6.07) is 5.02. The highest BCUT2D eigenvalue weighted by molar-refractivity contribution is 9.13. The van der Waals surface area contributed by atoms with Crippen LogP contribution in [0.5, 0.6) is 11.5 Å². The molecule has 0 radical (unpaired) electrons. The maximum atomic E-state index is 12.2. The van der Waals surface area contributed by atoms with Gasteiger partial charge in [-0.2, -0.15) is 0 Å². The topological polar surface area (TPSA) is 47.6 Å². The molecule has 2 heterocycles. The quantitative estimate of drug-likeness (QED) is 0.724. The van der Waals surface area contributed by atoms with Gasteiger partial charge in [-0.3, -0.25) is 4.79 Å². The van der Waals surface area contributed by atoms with Crippen molar-refractivity contribution in [2.45, 2.75) is 0 Å². The number of hydrogen-bond acceptors (Lipinski definition) is 4. The van der Waals surface area contributed by atoms with E-state index in [4.69, 9.17) is 21.1 Å². The van der Waals surface area contributed by atoms with Gasteiger partial charge in [0.1, 0.15) is 0 Å². The van der Waals surface area contributed by atoms with Crippen LogP contribution in [0.3, 0.4) is 0 Å². The van der Waals surface area contributed by atoms with Crippen LogP contribution in [0.2, 0.25) is 5.02 Å². The van der Waals surface area contributed by atoms with Gasteiger partial charge >= 0.3 is 0 Å². The summed E-state index contributed by atoms with van der Waals surface area (Å²) in [5.41, 5.74) is 0.488. The van der Waals surface area contributed by atoms with E-state index < -0.39 is 0 Å². The molecule has 8 heteroatoms. The summed E-state index contributed by atoms with van der Waals surface area (Å²) in [6.45, 7) is 0.161. The third kappa shape index (κ3) is 2.67. The van der Waals surface area contributed by atoms with Crippen LogP contribution < -0.4 is 14.8 Å². The second kappa shape index (κ2) is 5.55. The Balaban J connectivity index is 1.86. The summed E-state index contributed by atoms with van der Waals surface area (Å²) in [7, 11) is 0. The number of anilines is 1. The van der Waals surface area contributed by atoms with Gasteiger partial charge in [0.05, 0.1) is 19.4 Å². The minimum Gasteiger partial charge on any atom is -0.454 e. The first-order valence-electron chi connectivity index (χ1n) is 5.40. The molecule has 0 saturated heterocycles. The average molecular weight is 440 g/mol. The summed E-state index contributed by atoms with van der Waals surface area (Å²) in [5.74, 6) is 0.912. The Morgan fingerprint density at radius 2 is 1.95 bits per heavy atom. The lowest BCUT2D eigenvalue weighted by molar-refractivity contribution is 0.103. The van der Waals surface area contributed by atoms with Gasteiger partial charge in [-0.1, -0.05) is 11.6 Å². The normalized spacial score (nSPS) is 12.6. The summed E-state index contributed by atoms with van der Waals surface area (Å²) >= 11 is 14.1. The molecule has 2 aromatic rings. The molecule has 0 atom stereocenters. The molecule has 0 aliphatic carbocycles. The van der Waals surface area contributed by atoms with E-state index in [1.165, 1.54) is 11.3 Å². The number of amides is 1. The number of benzene rings is 1. The first-order valence-corrected chi connectivity index (χ1v) is 8.18. The Kier molecular flexibility index (Phi) is 3.94. The number of halogens is 3. The Hall–Kier alpha value is -0.760. The van der Waals surface area contributed by atoms with Crippen molar-refractivity contribution in [3.05, 3.63) is 36.4 Å². The molecule has 0 fully saturated rings. The van der Waals surface area contributed by atoms with Gasteiger partial charge in [0.2, 0.25) is 6.79 Å². The fourth-order valence-corrected chi connectivity index (χ4v) is 3.79. The van der Waals surface area contributed by atoms with Crippen LogP contribution in [0.15, 0.2) is 26.5 Å². The van der Waals surface area contributed by atoms with E-state index in [0.29, 0.717) is 27.1 Å². The van der Waals surface area contributed by atoms with Crippen molar-refractivity contribution < 1.29 is 14.3 Å². The van der Waals surface area contributed by atoms with E-state index in [-0.39, 0.29) is 12.7 Å². The fourth-order valence-electron chi connectivity index (χ4n) is 1.66. The highest BCUT2D eigenvalue weighted by atomic mass is 79.9. The number of carbonyl (C=O) groups excluding carboxylic acids is 1. The van der Waals surface area contributed by atoms with Crippen molar-refractivity contribution in [3.63, 3.8) is 0 Å². The maximum absolute atomic E-state index is 12.2. The van der Waals surface area contributed by atoms with Crippen molar-refractivity contribution in [2.24, 2.45) is 0 Å². The number of carbonyl (C=O) groups is 1. The summed E-state index contributed by atoms with van der Waals surface area (Å²) < 4.78 is 12.2. The van der Waals surface area contributed by atoms with Crippen molar-refractivity contribution in [2.75, 3.05) is 12.1 Å². The van der Waals surface area contributed by atoms with Gasteiger partial charge in [0.15, 0.2) is 11.5 Å². The Bertz CT molecular complexity index is 685. The second-order valence-corrected chi connectivity index (χ2v) is 7.50.